The lowest BCUT2D eigenvalue weighted by atomic mass is 10.0. The lowest BCUT2D eigenvalue weighted by Gasteiger charge is -2.29. The fourth-order valence-corrected chi connectivity index (χ4v) is 4.88. The first-order chi connectivity index (χ1) is 17.5. The molecular weight excluding hydrogens is 458 g/mol. The molecule has 0 spiro atoms. The number of fused-ring (bicyclic) bond motifs is 1. The number of hydrogen-bond acceptors (Lipinski definition) is 5. The molecule has 3 amide bonds. The van der Waals surface area contributed by atoms with Gasteiger partial charge in [0.05, 0.1) is 12.3 Å². The van der Waals surface area contributed by atoms with E-state index in [4.69, 9.17) is 10.5 Å². The van der Waals surface area contributed by atoms with Crippen LogP contribution >= 0.6 is 0 Å². The summed E-state index contributed by atoms with van der Waals surface area (Å²) in [6.07, 6.45) is 2.92. The van der Waals surface area contributed by atoms with Crippen molar-refractivity contribution < 1.29 is 19.1 Å². The fourth-order valence-electron chi connectivity index (χ4n) is 4.88. The van der Waals surface area contributed by atoms with Crippen LogP contribution in [0.2, 0.25) is 0 Å². The molecule has 9 nitrogen and oxygen atoms in total. The normalized spacial score (nSPS) is 15.8. The molecule has 1 fully saturated rings. The number of amides is 3. The van der Waals surface area contributed by atoms with Crippen molar-refractivity contribution in [2.24, 2.45) is 5.73 Å². The van der Waals surface area contributed by atoms with E-state index in [1.165, 1.54) is 4.68 Å². The van der Waals surface area contributed by atoms with Crippen molar-refractivity contribution >= 4 is 29.1 Å². The van der Waals surface area contributed by atoms with E-state index in [1.54, 1.807) is 9.80 Å². The molecule has 3 heterocycles. The number of carbonyl (C=O) groups excluding carboxylic acids is 3. The molecule has 2 N–H and O–H groups in total. The number of rotatable bonds is 7. The number of hydrogen-bond donors (Lipinski definition) is 1. The standard InChI is InChI=1S/C27H29N5O4/c1-2-36-17-18-6-5-7-21(16-18)32-25-22(24(29-32)26(28)34)13-15-31(27(25)35)20-11-9-19(10-12-20)30-14-4-3-8-23(30)33/h5-7,9-12,16H,2-4,8,13-15,17H2,1H3,(H2,28,34). The minimum absolute atomic E-state index is 0.118. The second-order valence-electron chi connectivity index (χ2n) is 8.98. The van der Waals surface area contributed by atoms with Crippen molar-refractivity contribution in [3.05, 3.63) is 71.0 Å². The lowest BCUT2D eigenvalue weighted by molar-refractivity contribution is -0.119. The van der Waals surface area contributed by atoms with E-state index >= 15 is 0 Å². The van der Waals surface area contributed by atoms with E-state index in [2.05, 4.69) is 5.10 Å². The molecule has 2 aliphatic rings. The molecule has 9 heteroatoms. The quantitative estimate of drug-likeness (QED) is 0.550. The molecule has 0 unspecified atom stereocenters. The maximum atomic E-state index is 13.8. The van der Waals surface area contributed by atoms with Crippen molar-refractivity contribution in [2.75, 3.05) is 29.5 Å². The van der Waals surface area contributed by atoms with Crippen LogP contribution < -0.4 is 15.5 Å². The highest BCUT2D eigenvalue weighted by Gasteiger charge is 2.34. The molecule has 2 aromatic carbocycles. The summed E-state index contributed by atoms with van der Waals surface area (Å²) in [5.74, 6) is -0.789. The third-order valence-electron chi connectivity index (χ3n) is 6.67. The predicted molar refractivity (Wildman–Crippen MR) is 135 cm³/mol. The lowest BCUT2D eigenvalue weighted by Crippen LogP contribution is -2.39. The van der Waals surface area contributed by atoms with Crippen LogP contribution in [-0.2, 0) is 22.6 Å². The monoisotopic (exact) mass is 487 g/mol. The Kier molecular flexibility index (Phi) is 6.56. The molecule has 0 aliphatic carbocycles. The van der Waals surface area contributed by atoms with E-state index in [1.807, 2.05) is 55.5 Å². The van der Waals surface area contributed by atoms with Gasteiger partial charge in [-0.1, -0.05) is 12.1 Å². The highest BCUT2D eigenvalue weighted by molar-refractivity contribution is 6.09. The highest BCUT2D eigenvalue weighted by Crippen LogP contribution is 2.31. The molecule has 0 radical (unpaired) electrons. The summed E-state index contributed by atoms with van der Waals surface area (Å²) in [4.78, 5) is 41.7. The Labute approximate surface area is 209 Å². The summed E-state index contributed by atoms with van der Waals surface area (Å²) in [6, 6.07) is 15.0. The second-order valence-corrected chi connectivity index (χ2v) is 8.98. The topological polar surface area (TPSA) is 111 Å². The van der Waals surface area contributed by atoms with Crippen molar-refractivity contribution in [3.8, 4) is 5.69 Å². The van der Waals surface area contributed by atoms with E-state index in [0.29, 0.717) is 56.1 Å². The Bertz CT molecular complexity index is 1310. The number of aromatic nitrogens is 2. The summed E-state index contributed by atoms with van der Waals surface area (Å²) < 4.78 is 7.03. The third kappa shape index (κ3) is 4.37. The first-order valence-corrected chi connectivity index (χ1v) is 12.3. The van der Waals surface area contributed by atoms with Crippen LogP contribution in [-0.4, -0.2) is 47.2 Å². The van der Waals surface area contributed by atoms with Crippen LogP contribution in [0.5, 0.6) is 0 Å². The average molecular weight is 488 g/mol. The van der Waals surface area contributed by atoms with Gasteiger partial charge in [-0.3, -0.25) is 14.4 Å². The molecule has 186 valence electrons. The molecule has 0 bridgehead atoms. The Morgan fingerprint density at radius 1 is 0.972 bits per heavy atom. The maximum Gasteiger partial charge on any atom is 0.277 e. The number of nitrogens with zero attached hydrogens (tertiary/aromatic N) is 4. The SMILES string of the molecule is CCOCc1cccc(-n2nc(C(N)=O)c3c2C(=O)N(c2ccc(N4CCCCC4=O)cc2)CC3)c1. The third-order valence-corrected chi connectivity index (χ3v) is 6.67. The van der Waals surface area contributed by atoms with Crippen molar-refractivity contribution in [2.45, 2.75) is 39.2 Å². The van der Waals surface area contributed by atoms with E-state index in [9.17, 15) is 14.4 Å². The van der Waals surface area contributed by atoms with Gasteiger partial charge in [0.2, 0.25) is 5.91 Å². The molecule has 1 aromatic heterocycles. The molecule has 36 heavy (non-hydrogen) atoms. The minimum Gasteiger partial charge on any atom is -0.377 e. The summed E-state index contributed by atoms with van der Waals surface area (Å²) in [5, 5.41) is 4.45. The van der Waals surface area contributed by atoms with Crippen molar-refractivity contribution in [3.63, 3.8) is 0 Å². The summed E-state index contributed by atoms with van der Waals surface area (Å²) in [7, 11) is 0. The first kappa shape index (κ1) is 23.7. The zero-order valence-corrected chi connectivity index (χ0v) is 20.3. The van der Waals surface area contributed by atoms with Gasteiger partial charge in [-0.25, -0.2) is 4.68 Å². The second kappa shape index (κ2) is 9.94. The van der Waals surface area contributed by atoms with Gasteiger partial charge >= 0.3 is 0 Å². The molecular formula is C27H29N5O4. The maximum absolute atomic E-state index is 13.8. The molecule has 1 saturated heterocycles. The van der Waals surface area contributed by atoms with Crippen LogP contribution in [0.1, 0.15) is 58.3 Å². The molecule has 3 aromatic rings. The van der Waals surface area contributed by atoms with Gasteiger partial charge in [-0.15, -0.1) is 0 Å². The largest absolute Gasteiger partial charge is 0.377 e. The van der Waals surface area contributed by atoms with Crippen molar-refractivity contribution in [1.29, 1.82) is 0 Å². The zero-order valence-electron chi connectivity index (χ0n) is 20.3. The number of carbonyl (C=O) groups is 3. The summed E-state index contributed by atoms with van der Waals surface area (Å²) in [5.41, 5.74) is 9.78. The van der Waals surface area contributed by atoms with E-state index in [0.717, 1.165) is 29.8 Å². The number of nitrogens with two attached hydrogens (primary N) is 1. The molecule has 2 aliphatic heterocycles. The van der Waals surface area contributed by atoms with Gasteiger partial charge in [-0.2, -0.15) is 5.10 Å². The summed E-state index contributed by atoms with van der Waals surface area (Å²) >= 11 is 0. The number of benzene rings is 2. The van der Waals surface area contributed by atoms with Gasteiger partial charge in [0, 0.05) is 43.1 Å². The van der Waals surface area contributed by atoms with Gasteiger partial charge < -0.3 is 20.3 Å². The van der Waals surface area contributed by atoms with Crippen LogP contribution in [0.4, 0.5) is 11.4 Å². The van der Waals surface area contributed by atoms with Crippen LogP contribution in [0.25, 0.3) is 5.69 Å². The Morgan fingerprint density at radius 3 is 2.42 bits per heavy atom. The summed E-state index contributed by atoms with van der Waals surface area (Å²) in [6.45, 7) is 4.05. The van der Waals surface area contributed by atoms with Gasteiger partial charge in [0.1, 0.15) is 5.69 Å². The number of ether oxygens (including phenoxy) is 1. The van der Waals surface area contributed by atoms with Crippen LogP contribution in [0.3, 0.4) is 0 Å². The first-order valence-electron chi connectivity index (χ1n) is 12.3. The smallest absolute Gasteiger partial charge is 0.277 e. The van der Waals surface area contributed by atoms with Crippen LogP contribution in [0, 0.1) is 0 Å². The van der Waals surface area contributed by atoms with Gasteiger partial charge in [0.15, 0.2) is 5.69 Å². The predicted octanol–water partition coefficient (Wildman–Crippen LogP) is 3.23. The van der Waals surface area contributed by atoms with Crippen molar-refractivity contribution in [1.82, 2.24) is 9.78 Å². The molecule has 0 atom stereocenters. The number of primary amides is 1. The average Bonchev–Trinajstić information content (AvgIpc) is 3.29. The van der Waals surface area contributed by atoms with E-state index in [-0.39, 0.29) is 17.5 Å². The van der Waals surface area contributed by atoms with Gasteiger partial charge in [0.25, 0.3) is 11.8 Å². The van der Waals surface area contributed by atoms with Gasteiger partial charge in [-0.05, 0) is 68.1 Å². The number of piperidine rings is 1. The minimum atomic E-state index is -0.660. The highest BCUT2D eigenvalue weighted by atomic mass is 16.5. The Morgan fingerprint density at radius 2 is 1.72 bits per heavy atom. The zero-order chi connectivity index (χ0) is 25.2. The number of anilines is 2. The van der Waals surface area contributed by atoms with Crippen LogP contribution in [0.15, 0.2) is 48.5 Å². The Balaban J connectivity index is 1.48. The molecule has 5 rings (SSSR count). The molecule has 0 saturated carbocycles. The fraction of sp³-hybridized carbons (Fsp3) is 0.333. The van der Waals surface area contributed by atoms with E-state index < -0.39 is 5.91 Å². The Hall–Kier alpha value is -3.98.